The van der Waals surface area contributed by atoms with Crippen molar-refractivity contribution in [2.24, 2.45) is 0 Å². The van der Waals surface area contributed by atoms with Crippen LogP contribution in [-0.4, -0.2) is 9.97 Å². The molecule has 1 aliphatic heterocycles. The number of rotatable bonds is 4. The van der Waals surface area contributed by atoms with Crippen LogP contribution in [0.4, 0.5) is 0 Å². The van der Waals surface area contributed by atoms with Gasteiger partial charge in [0.2, 0.25) is 0 Å². The summed E-state index contributed by atoms with van der Waals surface area (Å²) in [7, 11) is 0. The Morgan fingerprint density at radius 3 is 1.75 bits per heavy atom. The quantitative estimate of drug-likeness (QED) is 0.180. The number of para-hydroxylation sites is 2. The zero-order valence-corrected chi connectivity index (χ0v) is 31.5. The van der Waals surface area contributed by atoms with Gasteiger partial charge in [0.1, 0.15) is 11.2 Å². The molecule has 266 valence electrons. The summed E-state index contributed by atoms with van der Waals surface area (Å²) in [5, 5.41) is 2.16. The second-order valence-corrected chi connectivity index (χ2v) is 15.9. The Labute approximate surface area is 334 Å². The van der Waals surface area contributed by atoms with Crippen LogP contribution in [0.5, 0.6) is 0 Å². The van der Waals surface area contributed by atoms with Crippen LogP contribution in [0.2, 0.25) is 0 Å². The summed E-state index contributed by atoms with van der Waals surface area (Å²) >= 11 is 1.87. The van der Waals surface area contributed by atoms with Gasteiger partial charge in [-0.2, -0.15) is 0 Å². The highest BCUT2D eigenvalue weighted by atomic mass is 32.2. The first kappa shape index (κ1) is 32.3. The molecule has 10 aromatic rings. The number of benzene rings is 8. The largest absolute Gasteiger partial charge is 0.455 e. The zero-order valence-electron chi connectivity index (χ0n) is 30.7. The summed E-state index contributed by atoms with van der Waals surface area (Å²) in [6.07, 6.45) is 0. The van der Waals surface area contributed by atoms with Crippen LogP contribution in [0.25, 0.3) is 78.1 Å². The summed E-state index contributed by atoms with van der Waals surface area (Å²) in [5.74, 6) is 0.666. The number of aromatic nitrogens is 2. The normalized spacial score (nSPS) is 13.3. The molecular formula is C53H32N2OS. The van der Waals surface area contributed by atoms with Crippen molar-refractivity contribution in [3.63, 3.8) is 0 Å². The van der Waals surface area contributed by atoms with Crippen molar-refractivity contribution in [3.8, 4) is 56.2 Å². The monoisotopic (exact) mass is 744 g/mol. The van der Waals surface area contributed by atoms with E-state index in [1.165, 1.54) is 43.2 Å². The third kappa shape index (κ3) is 4.74. The minimum absolute atomic E-state index is 0.442. The molecule has 0 bridgehead atoms. The first-order chi connectivity index (χ1) is 28.3. The molecule has 0 amide bonds. The predicted octanol–water partition coefficient (Wildman–Crippen LogP) is 13.9. The lowest BCUT2D eigenvalue weighted by Gasteiger charge is -2.39. The second-order valence-electron chi connectivity index (χ2n) is 14.8. The van der Waals surface area contributed by atoms with Crippen LogP contribution < -0.4 is 0 Å². The number of hydrogen-bond acceptors (Lipinski definition) is 4. The van der Waals surface area contributed by atoms with Crippen LogP contribution in [0.1, 0.15) is 22.3 Å². The van der Waals surface area contributed by atoms with Crippen LogP contribution in [-0.2, 0) is 5.41 Å². The molecule has 12 rings (SSSR count). The van der Waals surface area contributed by atoms with Crippen molar-refractivity contribution < 1.29 is 4.42 Å². The van der Waals surface area contributed by atoms with Crippen LogP contribution in [0, 0.1) is 0 Å². The molecule has 0 fully saturated rings. The van der Waals surface area contributed by atoms with E-state index in [1.807, 2.05) is 23.9 Å². The fraction of sp³-hybridized carbons (Fsp3) is 0.0189. The molecule has 0 unspecified atom stereocenters. The summed E-state index contributed by atoms with van der Waals surface area (Å²) in [6.45, 7) is 0. The van der Waals surface area contributed by atoms with Gasteiger partial charge in [-0.05, 0) is 80.9 Å². The lowest BCUT2D eigenvalue weighted by Crippen LogP contribution is -2.31. The van der Waals surface area contributed by atoms with Gasteiger partial charge >= 0.3 is 0 Å². The van der Waals surface area contributed by atoms with Gasteiger partial charge in [-0.15, -0.1) is 0 Å². The molecule has 1 spiro atoms. The highest BCUT2D eigenvalue weighted by Gasteiger charge is 2.50. The number of fused-ring (bicyclic) bond motifs is 12. The topological polar surface area (TPSA) is 38.9 Å². The molecule has 0 saturated heterocycles. The molecule has 0 radical (unpaired) electrons. The van der Waals surface area contributed by atoms with Crippen molar-refractivity contribution >= 4 is 33.7 Å². The maximum absolute atomic E-state index is 6.58. The van der Waals surface area contributed by atoms with E-state index in [9.17, 15) is 0 Å². The fourth-order valence-electron chi connectivity index (χ4n) is 9.38. The molecule has 1 aliphatic carbocycles. The van der Waals surface area contributed by atoms with Gasteiger partial charge in [0.15, 0.2) is 5.82 Å². The van der Waals surface area contributed by atoms with Gasteiger partial charge in [0.05, 0.1) is 16.8 Å². The second kappa shape index (κ2) is 12.5. The minimum atomic E-state index is -0.442. The molecule has 8 aromatic carbocycles. The van der Waals surface area contributed by atoms with E-state index < -0.39 is 5.41 Å². The van der Waals surface area contributed by atoms with Gasteiger partial charge in [0.25, 0.3) is 0 Å². The van der Waals surface area contributed by atoms with Crippen LogP contribution in [0.3, 0.4) is 0 Å². The zero-order chi connectivity index (χ0) is 37.5. The van der Waals surface area contributed by atoms with Crippen LogP contribution in [0.15, 0.2) is 208 Å². The van der Waals surface area contributed by atoms with Gasteiger partial charge in [0, 0.05) is 37.3 Å². The van der Waals surface area contributed by atoms with Gasteiger partial charge in [-0.1, -0.05) is 169 Å². The van der Waals surface area contributed by atoms with Crippen molar-refractivity contribution in [3.05, 3.63) is 216 Å². The molecule has 2 aromatic heterocycles. The molecule has 0 saturated carbocycles. The molecule has 0 N–H and O–H groups in total. The van der Waals surface area contributed by atoms with Crippen molar-refractivity contribution in [1.29, 1.82) is 0 Å². The average Bonchev–Trinajstić information content (AvgIpc) is 3.80. The molecule has 57 heavy (non-hydrogen) atoms. The van der Waals surface area contributed by atoms with E-state index in [4.69, 9.17) is 14.4 Å². The Morgan fingerprint density at radius 2 is 0.965 bits per heavy atom. The highest BCUT2D eigenvalue weighted by Crippen LogP contribution is 2.62. The Kier molecular flexibility index (Phi) is 7.08. The summed E-state index contributed by atoms with van der Waals surface area (Å²) < 4.78 is 6.58. The summed E-state index contributed by atoms with van der Waals surface area (Å²) in [4.78, 5) is 13.4. The van der Waals surface area contributed by atoms with E-state index in [2.05, 4.69) is 182 Å². The van der Waals surface area contributed by atoms with Gasteiger partial charge in [-0.25, -0.2) is 9.97 Å². The molecule has 0 atom stereocenters. The fourth-order valence-corrected chi connectivity index (χ4v) is 10.6. The lowest BCUT2D eigenvalue weighted by atomic mass is 9.67. The molecule has 3 heterocycles. The number of furan rings is 1. The van der Waals surface area contributed by atoms with Crippen molar-refractivity contribution in [2.75, 3.05) is 0 Å². The van der Waals surface area contributed by atoms with E-state index in [0.29, 0.717) is 5.82 Å². The van der Waals surface area contributed by atoms with Crippen molar-refractivity contribution in [2.45, 2.75) is 15.2 Å². The predicted molar refractivity (Wildman–Crippen MR) is 232 cm³/mol. The maximum atomic E-state index is 6.58. The molecular weight excluding hydrogens is 713 g/mol. The first-order valence-electron chi connectivity index (χ1n) is 19.3. The van der Waals surface area contributed by atoms with Gasteiger partial charge in [-0.3, -0.25) is 0 Å². The summed E-state index contributed by atoms with van der Waals surface area (Å²) in [5.41, 5.74) is 15.8. The maximum Gasteiger partial charge on any atom is 0.160 e. The van der Waals surface area contributed by atoms with E-state index in [0.717, 1.165) is 61.1 Å². The number of hydrogen-bond donors (Lipinski definition) is 0. The Hall–Kier alpha value is -7.01. The standard InChI is InChI=1S/C53H32N2OS/c1-2-15-33(16-3-1)35-17-4-5-19-37(35)46-32-47(40-22-14-21-39-38-20-7-11-26-48(38)56-51(39)40)55-52(54-46)34-29-30-43-41(31-34)36-18-6-8-23-42(36)53(43)44-24-9-12-27-49(44)57-50-28-13-10-25-45(50)53/h1-32H. The minimum Gasteiger partial charge on any atom is -0.455 e. The van der Waals surface area contributed by atoms with Crippen LogP contribution >= 0.6 is 11.8 Å². The highest BCUT2D eigenvalue weighted by molar-refractivity contribution is 7.99. The third-order valence-corrected chi connectivity index (χ3v) is 13.0. The molecule has 2 aliphatic rings. The van der Waals surface area contributed by atoms with Gasteiger partial charge < -0.3 is 4.42 Å². The van der Waals surface area contributed by atoms with E-state index in [-0.39, 0.29) is 0 Å². The van der Waals surface area contributed by atoms with E-state index in [1.54, 1.807) is 0 Å². The smallest absolute Gasteiger partial charge is 0.160 e. The Bertz CT molecular complexity index is 3190. The van der Waals surface area contributed by atoms with E-state index >= 15 is 0 Å². The van der Waals surface area contributed by atoms with Crippen molar-refractivity contribution in [1.82, 2.24) is 9.97 Å². The third-order valence-electron chi connectivity index (χ3n) is 11.8. The molecule has 3 nitrogen and oxygen atoms in total. The number of nitrogens with zero attached hydrogens (tertiary/aromatic N) is 2. The molecule has 4 heteroatoms. The first-order valence-corrected chi connectivity index (χ1v) is 20.1. The lowest BCUT2D eigenvalue weighted by molar-refractivity contribution is 0.670. The Morgan fingerprint density at radius 1 is 0.386 bits per heavy atom. The SMILES string of the molecule is c1ccc(-c2ccccc2-c2cc(-c3cccc4c3oc3ccccc34)nc(-c3ccc4c(c3)-c3ccccc3C43c4ccccc4Sc4ccccc43)n2)cc1. The Balaban J connectivity index is 1.11. The average molecular weight is 745 g/mol. The summed E-state index contributed by atoms with van der Waals surface area (Å²) in [6, 6.07) is 69.4.